The lowest BCUT2D eigenvalue weighted by Crippen LogP contribution is -2.37. The lowest BCUT2D eigenvalue weighted by molar-refractivity contribution is -0.135. The molecule has 2 rings (SSSR count). The van der Waals surface area contributed by atoms with Gasteiger partial charge in [0.15, 0.2) is 0 Å². The molecular weight excluding hydrogens is 204 g/mol. The summed E-state index contributed by atoms with van der Waals surface area (Å²) < 4.78 is 5.30. The van der Waals surface area contributed by atoms with Crippen molar-refractivity contribution < 1.29 is 9.53 Å². The zero-order valence-electron chi connectivity index (χ0n) is 10.5. The number of nitrogens with zero attached hydrogens (tertiary/aromatic N) is 1. The Hall–Kier alpha value is -0.610. The maximum absolute atomic E-state index is 12.1. The minimum absolute atomic E-state index is 0.237. The van der Waals surface area contributed by atoms with E-state index in [1.54, 1.807) is 7.11 Å². The number of hydrogen-bond donors (Lipinski definition) is 1. The Bertz CT molecular complexity index is 266. The third-order valence-corrected chi connectivity index (χ3v) is 3.87. The molecule has 0 spiro atoms. The van der Waals surface area contributed by atoms with E-state index in [4.69, 9.17) is 4.74 Å². The van der Waals surface area contributed by atoms with Crippen LogP contribution >= 0.6 is 0 Å². The lowest BCUT2D eigenvalue weighted by Gasteiger charge is -2.26. The highest BCUT2D eigenvalue weighted by atomic mass is 16.5. The van der Waals surface area contributed by atoms with E-state index < -0.39 is 0 Å². The third-order valence-electron chi connectivity index (χ3n) is 3.87. The van der Waals surface area contributed by atoms with Gasteiger partial charge in [-0.1, -0.05) is 0 Å². The van der Waals surface area contributed by atoms with E-state index >= 15 is 0 Å². The third kappa shape index (κ3) is 2.38. The Kier molecular flexibility index (Phi) is 3.22. The molecule has 4 heteroatoms. The second-order valence-corrected chi connectivity index (χ2v) is 5.62. The first-order chi connectivity index (χ1) is 7.52. The van der Waals surface area contributed by atoms with Crippen molar-refractivity contribution in [1.82, 2.24) is 10.2 Å². The summed E-state index contributed by atoms with van der Waals surface area (Å²) in [5, 5.41) is 3.38. The number of methoxy groups -OCH3 is 1. The molecule has 0 aromatic heterocycles. The summed E-state index contributed by atoms with van der Waals surface area (Å²) in [6.07, 6.45) is 0.483. The number of rotatable bonds is 3. The van der Waals surface area contributed by atoms with Gasteiger partial charge in [0.05, 0.1) is 12.0 Å². The summed E-state index contributed by atoms with van der Waals surface area (Å²) in [5.74, 6) is 1.59. The number of fused-ring (bicyclic) bond motifs is 1. The highest BCUT2D eigenvalue weighted by molar-refractivity contribution is 5.77. The topological polar surface area (TPSA) is 41.6 Å². The summed E-state index contributed by atoms with van der Waals surface area (Å²) in [5.41, 5.74) is -0.340. The fourth-order valence-electron chi connectivity index (χ4n) is 2.61. The van der Waals surface area contributed by atoms with Crippen LogP contribution in [-0.2, 0) is 9.53 Å². The minimum Gasteiger partial charge on any atom is -0.378 e. The van der Waals surface area contributed by atoms with Crippen LogP contribution in [0.5, 0.6) is 0 Å². The molecule has 0 bridgehead atoms. The van der Waals surface area contributed by atoms with Gasteiger partial charge in [0.1, 0.15) is 0 Å². The first-order valence-electron chi connectivity index (χ1n) is 6.05. The largest absolute Gasteiger partial charge is 0.378 e. The second kappa shape index (κ2) is 4.34. The van der Waals surface area contributed by atoms with Crippen molar-refractivity contribution in [3.63, 3.8) is 0 Å². The molecule has 4 nitrogen and oxygen atoms in total. The van der Waals surface area contributed by atoms with Gasteiger partial charge in [-0.25, -0.2) is 0 Å². The summed E-state index contributed by atoms with van der Waals surface area (Å²) >= 11 is 0. The Labute approximate surface area is 97.3 Å². The highest BCUT2D eigenvalue weighted by Gasteiger charge is 2.38. The predicted octanol–water partition coefficient (Wildman–Crippen LogP) is 0.479. The Morgan fingerprint density at radius 3 is 2.44 bits per heavy atom. The van der Waals surface area contributed by atoms with Crippen LogP contribution in [0.2, 0.25) is 0 Å². The average molecular weight is 226 g/mol. The number of amides is 1. The van der Waals surface area contributed by atoms with Crippen molar-refractivity contribution in [3.8, 4) is 0 Å². The SMILES string of the molecule is COC(C)(C)CC(=O)N1C[C@H]2CNC[C@H]2C1. The fraction of sp³-hybridized carbons (Fsp3) is 0.917. The van der Waals surface area contributed by atoms with Gasteiger partial charge in [0, 0.05) is 33.3 Å². The highest BCUT2D eigenvalue weighted by Crippen LogP contribution is 2.27. The van der Waals surface area contributed by atoms with E-state index in [1.807, 2.05) is 18.7 Å². The van der Waals surface area contributed by atoms with Crippen LogP contribution < -0.4 is 5.32 Å². The van der Waals surface area contributed by atoms with Gasteiger partial charge in [-0.15, -0.1) is 0 Å². The van der Waals surface area contributed by atoms with Gasteiger partial charge >= 0.3 is 0 Å². The molecule has 0 unspecified atom stereocenters. The van der Waals surface area contributed by atoms with Crippen molar-refractivity contribution in [2.24, 2.45) is 11.8 Å². The molecule has 2 heterocycles. The number of hydrogen-bond acceptors (Lipinski definition) is 3. The first kappa shape index (κ1) is 11.9. The van der Waals surface area contributed by atoms with Crippen LogP contribution in [0.25, 0.3) is 0 Å². The molecule has 1 amide bonds. The molecule has 0 aliphatic carbocycles. The number of carbonyl (C=O) groups is 1. The minimum atomic E-state index is -0.340. The quantitative estimate of drug-likeness (QED) is 0.761. The summed E-state index contributed by atoms with van der Waals surface area (Å²) in [6, 6.07) is 0. The van der Waals surface area contributed by atoms with Gasteiger partial charge in [0.25, 0.3) is 0 Å². The van der Waals surface area contributed by atoms with Crippen LogP contribution in [0.3, 0.4) is 0 Å². The number of carbonyl (C=O) groups excluding carboxylic acids is 1. The van der Waals surface area contributed by atoms with E-state index in [0.29, 0.717) is 18.3 Å². The van der Waals surface area contributed by atoms with Crippen LogP contribution in [0.15, 0.2) is 0 Å². The predicted molar refractivity (Wildman–Crippen MR) is 62.1 cm³/mol. The van der Waals surface area contributed by atoms with Gasteiger partial charge in [-0.05, 0) is 25.7 Å². The van der Waals surface area contributed by atoms with E-state index in [0.717, 1.165) is 26.2 Å². The molecule has 1 N–H and O–H groups in total. The van der Waals surface area contributed by atoms with Gasteiger partial charge in [-0.3, -0.25) is 4.79 Å². The lowest BCUT2D eigenvalue weighted by atomic mass is 10.0. The summed E-state index contributed by atoms with van der Waals surface area (Å²) in [6.45, 7) is 7.92. The summed E-state index contributed by atoms with van der Waals surface area (Å²) in [4.78, 5) is 14.1. The van der Waals surface area contributed by atoms with Crippen LogP contribution in [-0.4, -0.2) is 49.7 Å². The Morgan fingerprint density at radius 2 is 1.94 bits per heavy atom. The van der Waals surface area contributed by atoms with Crippen molar-refractivity contribution in [1.29, 1.82) is 0 Å². The number of ether oxygens (including phenoxy) is 1. The normalized spacial score (nSPS) is 29.6. The Morgan fingerprint density at radius 1 is 1.38 bits per heavy atom. The molecule has 2 aliphatic rings. The fourth-order valence-corrected chi connectivity index (χ4v) is 2.61. The number of likely N-dealkylation sites (tertiary alicyclic amines) is 1. The van der Waals surface area contributed by atoms with Crippen molar-refractivity contribution in [3.05, 3.63) is 0 Å². The maximum Gasteiger partial charge on any atom is 0.225 e. The van der Waals surface area contributed by atoms with Crippen LogP contribution in [0.1, 0.15) is 20.3 Å². The van der Waals surface area contributed by atoms with E-state index in [9.17, 15) is 4.79 Å². The molecule has 0 saturated carbocycles. The standard InChI is InChI=1S/C12H22N2O2/c1-12(2,16-3)4-11(15)14-7-9-5-13-6-10(9)8-14/h9-10,13H,4-8H2,1-3H3/t9-,10+. The number of nitrogens with one attached hydrogen (secondary N) is 1. The van der Waals surface area contributed by atoms with E-state index in [1.165, 1.54) is 0 Å². The monoisotopic (exact) mass is 226 g/mol. The first-order valence-corrected chi connectivity index (χ1v) is 6.05. The van der Waals surface area contributed by atoms with Crippen molar-refractivity contribution >= 4 is 5.91 Å². The zero-order chi connectivity index (χ0) is 11.8. The molecule has 0 radical (unpaired) electrons. The van der Waals surface area contributed by atoms with Gasteiger partial charge in [-0.2, -0.15) is 0 Å². The Balaban J connectivity index is 1.87. The molecule has 92 valence electrons. The maximum atomic E-state index is 12.1. The molecule has 0 aromatic carbocycles. The summed E-state index contributed by atoms with van der Waals surface area (Å²) in [7, 11) is 1.66. The van der Waals surface area contributed by atoms with Crippen molar-refractivity contribution in [2.75, 3.05) is 33.3 Å². The van der Waals surface area contributed by atoms with Crippen LogP contribution in [0, 0.1) is 11.8 Å². The van der Waals surface area contributed by atoms with Crippen molar-refractivity contribution in [2.45, 2.75) is 25.9 Å². The molecule has 2 aliphatic heterocycles. The van der Waals surface area contributed by atoms with E-state index in [2.05, 4.69) is 5.32 Å². The van der Waals surface area contributed by atoms with E-state index in [-0.39, 0.29) is 11.5 Å². The molecule has 16 heavy (non-hydrogen) atoms. The molecule has 2 fully saturated rings. The average Bonchev–Trinajstić information content (AvgIpc) is 2.75. The molecule has 0 aromatic rings. The zero-order valence-corrected chi connectivity index (χ0v) is 10.5. The van der Waals surface area contributed by atoms with Gasteiger partial charge in [0.2, 0.25) is 5.91 Å². The smallest absolute Gasteiger partial charge is 0.225 e. The van der Waals surface area contributed by atoms with Crippen LogP contribution in [0.4, 0.5) is 0 Å². The molecular formula is C12H22N2O2. The van der Waals surface area contributed by atoms with Gasteiger partial charge < -0.3 is 15.0 Å². The molecule has 2 saturated heterocycles. The molecule has 2 atom stereocenters. The second-order valence-electron chi connectivity index (χ2n) is 5.62.